The van der Waals surface area contributed by atoms with Crippen molar-refractivity contribution in [3.05, 3.63) is 29.6 Å². The molecule has 0 amide bonds. The van der Waals surface area contributed by atoms with Crippen molar-refractivity contribution < 1.29 is 9.50 Å². The Kier molecular flexibility index (Phi) is 5.00. The number of hydrogen-bond acceptors (Lipinski definition) is 3. The third-order valence-corrected chi connectivity index (χ3v) is 4.28. The van der Waals surface area contributed by atoms with Crippen LogP contribution in [0.4, 0.5) is 10.1 Å². The number of rotatable bonds is 5. The van der Waals surface area contributed by atoms with Gasteiger partial charge in [-0.25, -0.2) is 4.39 Å². The first-order chi connectivity index (χ1) is 9.58. The molecule has 20 heavy (non-hydrogen) atoms. The highest BCUT2D eigenvalue weighted by Crippen LogP contribution is 2.32. The highest BCUT2D eigenvalue weighted by Gasteiger charge is 2.28. The highest BCUT2D eigenvalue weighted by atomic mass is 19.1. The van der Waals surface area contributed by atoms with E-state index in [0.717, 1.165) is 38.3 Å². The molecule has 0 saturated carbocycles. The molecule has 3 nitrogen and oxygen atoms in total. The molecule has 112 valence electrons. The molecule has 1 saturated heterocycles. The van der Waals surface area contributed by atoms with Crippen LogP contribution >= 0.6 is 0 Å². The summed E-state index contributed by atoms with van der Waals surface area (Å²) in [5.41, 5.74) is 1.27. The standard InChI is InChI=1S/C16H25FN2O/c1-4-18(5-2)13-9-10-19(11-13)15-8-6-7-14(17)16(15)12(3)20/h6-8,12-13,20H,4-5,9-11H2,1-3H3/t12-,13?/m1/s1. The summed E-state index contributed by atoms with van der Waals surface area (Å²) >= 11 is 0. The summed E-state index contributed by atoms with van der Waals surface area (Å²) in [6.45, 7) is 9.89. The second-order valence-corrected chi connectivity index (χ2v) is 5.46. The molecule has 1 aliphatic rings. The monoisotopic (exact) mass is 280 g/mol. The summed E-state index contributed by atoms with van der Waals surface area (Å²) in [5.74, 6) is -0.316. The molecule has 2 atom stereocenters. The number of benzene rings is 1. The van der Waals surface area contributed by atoms with Crippen LogP contribution < -0.4 is 4.90 Å². The van der Waals surface area contributed by atoms with Crippen LogP contribution in [0.25, 0.3) is 0 Å². The Morgan fingerprint density at radius 3 is 2.70 bits per heavy atom. The molecule has 0 aliphatic carbocycles. The fraction of sp³-hybridized carbons (Fsp3) is 0.625. The van der Waals surface area contributed by atoms with Crippen LogP contribution in [0.3, 0.4) is 0 Å². The van der Waals surface area contributed by atoms with E-state index in [-0.39, 0.29) is 5.82 Å². The fourth-order valence-electron chi connectivity index (χ4n) is 3.21. The predicted octanol–water partition coefficient (Wildman–Crippen LogP) is 2.80. The Morgan fingerprint density at radius 1 is 1.40 bits per heavy atom. The van der Waals surface area contributed by atoms with E-state index in [4.69, 9.17) is 0 Å². The molecule has 1 aliphatic heterocycles. The minimum atomic E-state index is -0.779. The Hall–Kier alpha value is -1.13. The van der Waals surface area contributed by atoms with Gasteiger partial charge in [-0.3, -0.25) is 4.90 Å². The van der Waals surface area contributed by atoms with Crippen LogP contribution in [0, 0.1) is 5.82 Å². The lowest BCUT2D eigenvalue weighted by atomic mass is 10.1. The van der Waals surface area contributed by atoms with Gasteiger partial charge >= 0.3 is 0 Å². The van der Waals surface area contributed by atoms with E-state index in [1.807, 2.05) is 6.07 Å². The average Bonchev–Trinajstić information content (AvgIpc) is 2.89. The third-order valence-electron chi connectivity index (χ3n) is 4.28. The number of likely N-dealkylation sites (N-methyl/N-ethyl adjacent to an activating group) is 1. The van der Waals surface area contributed by atoms with E-state index in [2.05, 4.69) is 23.6 Å². The van der Waals surface area contributed by atoms with Crippen molar-refractivity contribution in [2.24, 2.45) is 0 Å². The Balaban J connectivity index is 2.20. The molecule has 1 heterocycles. The van der Waals surface area contributed by atoms with E-state index in [0.29, 0.717) is 11.6 Å². The van der Waals surface area contributed by atoms with Crippen molar-refractivity contribution in [2.75, 3.05) is 31.1 Å². The molecular formula is C16H25FN2O. The Labute approximate surface area is 121 Å². The minimum Gasteiger partial charge on any atom is -0.389 e. The van der Waals surface area contributed by atoms with E-state index in [1.54, 1.807) is 13.0 Å². The average molecular weight is 280 g/mol. The summed E-state index contributed by atoms with van der Waals surface area (Å²) < 4.78 is 13.9. The van der Waals surface area contributed by atoms with Crippen molar-refractivity contribution in [1.82, 2.24) is 4.90 Å². The zero-order chi connectivity index (χ0) is 14.7. The van der Waals surface area contributed by atoms with Gasteiger partial charge in [-0.05, 0) is 38.6 Å². The number of aliphatic hydroxyl groups is 1. The molecule has 1 fully saturated rings. The largest absolute Gasteiger partial charge is 0.389 e. The fourth-order valence-corrected chi connectivity index (χ4v) is 3.21. The first-order valence-corrected chi connectivity index (χ1v) is 7.53. The lowest BCUT2D eigenvalue weighted by Crippen LogP contribution is -2.37. The minimum absolute atomic E-state index is 0.316. The zero-order valence-electron chi connectivity index (χ0n) is 12.6. The number of aliphatic hydroxyl groups excluding tert-OH is 1. The maximum Gasteiger partial charge on any atom is 0.131 e. The molecule has 1 N–H and O–H groups in total. The zero-order valence-corrected chi connectivity index (χ0v) is 12.6. The van der Waals surface area contributed by atoms with Gasteiger partial charge in [0, 0.05) is 30.4 Å². The van der Waals surface area contributed by atoms with E-state index >= 15 is 0 Å². The molecule has 2 rings (SSSR count). The van der Waals surface area contributed by atoms with Crippen molar-refractivity contribution >= 4 is 5.69 Å². The lowest BCUT2D eigenvalue weighted by molar-refractivity contribution is 0.194. The van der Waals surface area contributed by atoms with E-state index < -0.39 is 6.10 Å². The van der Waals surface area contributed by atoms with Gasteiger partial charge in [0.2, 0.25) is 0 Å². The van der Waals surface area contributed by atoms with Crippen LogP contribution in [0.5, 0.6) is 0 Å². The van der Waals surface area contributed by atoms with Gasteiger partial charge < -0.3 is 10.0 Å². The summed E-state index contributed by atoms with van der Waals surface area (Å²) in [6.07, 6.45) is 0.316. The predicted molar refractivity (Wildman–Crippen MR) is 80.6 cm³/mol. The Bertz CT molecular complexity index is 446. The molecule has 1 aromatic rings. The maximum absolute atomic E-state index is 13.9. The van der Waals surface area contributed by atoms with Gasteiger partial charge in [0.05, 0.1) is 6.10 Å². The van der Waals surface area contributed by atoms with Crippen LogP contribution in [0.15, 0.2) is 18.2 Å². The number of nitrogens with zero attached hydrogens (tertiary/aromatic N) is 2. The Morgan fingerprint density at radius 2 is 2.10 bits per heavy atom. The SMILES string of the molecule is CCN(CC)C1CCN(c2cccc(F)c2[C@@H](C)O)C1. The molecule has 4 heteroatoms. The lowest BCUT2D eigenvalue weighted by Gasteiger charge is -2.28. The molecule has 0 bridgehead atoms. The normalized spacial score (nSPS) is 20.7. The topological polar surface area (TPSA) is 26.7 Å². The van der Waals surface area contributed by atoms with Crippen LogP contribution in [0.2, 0.25) is 0 Å². The van der Waals surface area contributed by atoms with Crippen LogP contribution in [-0.4, -0.2) is 42.2 Å². The van der Waals surface area contributed by atoms with Crippen molar-refractivity contribution in [2.45, 2.75) is 39.3 Å². The molecule has 0 spiro atoms. The molecular weight excluding hydrogens is 255 g/mol. The maximum atomic E-state index is 13.9. The van der Waals surface area contributed by atoms with Gasteiger partial charge in [-0.1, -0.05) is 19.9 Å². The number of halogens is 1. The number of hydrogen-bond donors (Lipinski definition) is 1. The van der Waals surface area contributed by atoms with E-state index in [1.165, 1.54) is 6.07 Å². The molecule has 1 aromatic carbocycles. The summed E-state index contributed by atoms with van der Waals surface area (Å²) in [6, 6.07) is 5.58. The van der Waals surface area contributed by atoms with Gasteiger partial charge in [-0.15, -0.1) is 0 Å². The summed E-state index contributed by atoms with van der Waals surface area (Å²) in [4.78, 5) is 4.65. The van der Waals surface area contributed by atoms with Crippen LogP contribution in [0.1, 0.15) is 38.9 Å². The van der Waals surface area contributed by atoms with Crippen molar-refractivity contribution in [1.29, 1.82) is 0 Å². The second-order valence-electron chi connectivity index (χ2n) is 5.46. The summed E-state index contributed by atoms with van der Waals surface area (Å²) in [7, 11) is 0. The third kappa shape index (κ3) is 2.96. The van der Waals surface area contributed by atoms with Crippen molar-refractivity contribution in [3.63, 3.8) is 0 Å². The second kappa shape index (κ2) is 6.55. The van der Waals surface area contributed by atoms with Crippen LogP contribution in [-0.2, 0) is 0 Å². The first-order valence-electron chi connectivity index (χ1n) is 7.53. The van der Waals surface area contributed by atoms with Gasteiger partial charge in [-0.2, -0.15) is 0 Å². The highest BCUT2D eigenvalue weighted by molar-refractivity contribution is 5.56. The smallest absolute Gasteiger partial charge is 0.131 e. The summed E-state index contributed by atoms with van der Waals surface area (Å²) in [5, 5.41) is 9.84. The number of anilines is 1. The molecule has 0 radical (unpaired) electrons. The molecule has 1 unspecified atom stereocenters. The first kappa shape index (κ1) is 15.3. The van der Waals surface area contributed by atoms with Gasteiger partial charge in [0.1, 0.15) is 5.82 Å². The quantitative estimate of drug-likeness (QED) is 0.898. The van der Waals surface area contributed by atoms with E-state index in [9.17, 15) is 9.50 Å². The van der Waals surface area contributed by atoms with Gasteiger partial charge in [0.15, 0.2) is 0 Å². The molecule has 0 aromatic heterocycles. The van der Waals surface area contributed by atoms with Crippen molar-refractivity contribution in [3.8, 4) is 0 Å². The van der Waals surface area contributed by atoms with Gasteiger partial charge in [0.25, 0.3) is 0 Å².